The van der Waals surface area contributed by atoms with Gasteiger partial charge in [-0.05, 0) is 59.2 Å². The van der Waals surface area contributed by atoms with Crippen LogP contribution >= 0.6 is 0 Å². The van der Waals surface area contributed by atoms with E-state index in [0.717, 1.165) is 16.0 Å². The van der Waals surface area contributed by atoms with Gasteiger partial charge in [-0.2, -0.15) is 10.1 Å². The zero-order chi connectivity index (χ0) is 33.8. The van der Waals surface area contributed by atoms with Crippen molar-refractivity contribution in [2.75, 3.05) is 25.4 Å². The second-order valence-electron chi connectivity index (χ2n) is 11.8. The SMILES string of the molecule is Nc1nc2cc(-c3ccc4ncc(C(=O)N5CCN(C(=O)c6cc(Cc7n[nH]c(=O)c8ccccc78)ccc6F)C(O)C5)n4c3)ccc2o1. The van der Waals surface area contributed by atoms with Gasteiger partial charge in [0.25, 0.3) is 23.4 Å². The Hall–Kier alpha value is -6.41. The number of aromatic nitrogens is 5. The lowest BCUT2D eigenvalue weighted by Gasteiger charge is -2.38. The Labute approximate surface area is 276 Å². The normalized spacial score (nSPS) is 15.0. The molecule has 0 saturated carbocycles. The number of aliphatic hydroxyl groups is 1. The molecule has 0 radical (unpaired) electrons. The van der Waals surface area contributed by atoms with Crippen molar-refractivity contribution in [2.24, 2.45) is 0 Å². The van der Waals surface area contributed by atoms with Gasteiger partial charge < -0.3 is 25.1 Å². The molecule has 4 N–H and O–H groups in total. The summed E-state index contributed by atoms with van der Waals surface area (Å²) in [6, 6.07) is 20.4. The number of hydrogen-bond donors (Lipinski definition) is 3. The number of aliphatic hydroxyl groups excluding tert-OH is 1. The fourth-order valence-corrected chi connectivity index (χ4v) is 6.28. The van der Waals surface area contributed by atoms with Crippen molar-refractivity contribution in [1.29, 1.82) is 0 Å². The molecule has 3 aromatic carbocycles. The van der Waals surface area contributed by atoms with Crippen LogP contribution in [-0.2, 0) is 6.42 Å². The highest BCUT2D eigenvalue weighted by Gasteiger charge is 2.34. The summed E-state index contributed by atoms with van der Waals surface area (Å²) in [6.45, 7) is -0.103. The number of amides is 2. The third-order valence-electron chi connectivity index (χ3n) is 8.77. The zero-order valence-corrected chi connectivity index (χ0v) is 25.7. The molecule has 1 aliphatic rings. The Morgan fingerprint density at radius 2 is 1.82 bits per heavy atom. The molecule has 0 aliphatic carbocycles. The van der Waals surface area contributed by atoms with Crippen LogP contribution < -0.4 is 11.3 Å². The predicted octanol–water partition coefficient (Wildman–Crippen LogP) is 3.61. The Kier molecular flexibility index (Phi) is 7.14. The summed E-state index contributed by atoms with van der Waals surface area (Å²) in [6.07, 6.45) is 2.10. The number of nitrogen functional groups attached to an aromatic ring is 1. The van der Waals surface area contributed by atoms with E-state index in [1.165, 1.54) is 23.2 Å². The second kappa shape index (κ2) is 11.7. The molecule has 8 rings (SSSR count). The molecular weight excluding hydrogens is 631 g/mol. The number of H-pyrrole nitrogens is 1. The number of benzene rings is 3. The van der Waals surface area contributed by atoms with Gasteiger partial charge in [0.15, 0.2) is 5.58 Å². The predicted molar refractivity (Wildman–Crippen MR) is 177 cm³/mol. The number of oxazole rings is 1. The highest BCUT2D eigenvalue weighted by molar-refractivity contribution is 5.96. The number of nitrogens with two attached hydrogens (primary N) is 1. The van der Waals surface area contributed by atoms with Gasteiger partial charge in [0, 0.05) is 31.1 Å². The highest BCUT2D eigenvalue weighted by Crippen LogP contribution is 2.27. The molecule has 13 nitrogen and oxygen atoms in total. The van der Waals surface area contributed by atoms with Crippen molar-refractivity contribution < 1.29 is 23.5 Å². The van der Waals surface area contributed by atoms with Crippen LogP contribution in [0.3, 0.4) is 0 Å². The van der Waals surface area contributed by atoms with Gasteiger partial charge in [-0.3, -0.25) is 18.8 Å². The summed E-state index contributed by atoms with van der Waals surface area (Å²) < 4.78 is 22.1. The van der Waals surface area contributed by atoms with Gasteiger partial charge in [0.1, 0.15) is 28.9 Å². The Balaban J connectivity index is 0.999. The number of nitrogens with zero attached hydrogens (tertiary/aromatic N) is 6. The van der Waals surface area contributed by atoms with Gasteiger partial charge in [-0.1, -0.05) is 30.3 Å². The fraction of sp³-hybridized carbons (Fsp3) is 0.143. The third-order valence-corrected chi connectivity index (χ3v) is 8.77. The topological polar surface area (TPSA) is 176 Å². The first kappa shape index (κ1) is 30.0. The first-order valence-corrected chi connectivity index (χ1v) is 15.4. The van der Waals surface area contributed by atoms with Crippen LogP contribution in [0, 0.1) is 5.82 Å². The van der Waals surface area contributed by atoms with E-state index in [4.69, 9.17) is 10.2 Å². The lowest BCUT2D eigenvalue weighted by molar-refractivity contribution is -0.0345. The van der Waals surface area contributed by atoms with Crippen LogP contribution in [0.15, 0.2) is 94.4 Å². The Morgan fingerprint density at radius 1 is 1.00 bits per heavy atom. The van der Waals surface area contributed by atoms with Crippen molar-refractivity contribution in [3.8, 4) is 11.1 Å². The summed E-state index contributed by atoms with van der Waals surface area (Å²) >= 11 is 0. The molecule has 1 saturated heterocycles. The van der Waals surface area contributed by atoms with E-state index in [9.17, 15) is 19.5 Å². The quantitative estimate of drug-likeness (QED) is 0.249. The number of fused-ring (bicyclic) bond motifs is 3. The number of anilines is 1. The van der Waals surface area contributed by atoms with Gasteiger partial charge >= 0.3 is 0 Å². The van der Waals surface area contributed by atoms with Crippen molar-refractivity contribution >= 4 is 45.3 Å². The maximum atomic E-state index is 15.0. The molecular formula is C35H27FN8O5. The van der Waals surface area contributed by atoms with E-state index in [1.54, 1.807) is 53.1 Å². The number of rotatable bonds is 5. The Bertz CT molecular complexity index is 2510. The largest absolute Gasteiger partial charge is 0.424 e. The monoisotopic (exact) mass is 658 g/mol. The van der Waals surface area contributed by atoms with Gasteiger partial charge in [-0.15, -0.1) is 0 Å². The van der Waals surface area contributed by atoms with Crippen LogP contribution in [0.2, 0.25) is 0 Å². The number of β-amino-alcohol motifs (C(OH)–C–C–N with tert-alkyl or cyclic N) is 1. The maximum absolute atomic E-state index is 15.0. The van der Waals surface area contributed by atoms with Crippen molar-refractivity contribution in [3.05, 3.63) is 124 Å². The highest BCUT2D eigenvalue weighted by atomic mass is 19.1. The molecule has 7 aromatic rings. The molecule has 0 bridgehead atoms. The number of piperazine rings is 1. The average Bonchev–Trinajstić information content (AvgIpc) is 3.71. The molecule has 1 aliphatic heterocycles. The third kappa shape index (κ3) is 5.33. The van der Waals surface area contributed by atoms with Crippen LogP contribution in [-0.4, -0.2) is 77.1 Å². The molecule has 14 heteroatoms. The number of aromatic amines is 1. The van der Waals surface area contributed by atoms with E-state index in [1.807, 2.05) is 18.2 Å². The van der Waals surface area contributed by atoms with E-state index in [0.29, 0.717) is 38.8 Å². The van der Waals surface area contributed by atoms with E-state index >= 15 is 4.39 Å². The van der Waals surface area contributed by atoms with Gasteiger partial charge in [0.2, 0.25) is 0 Å². The lowest BCUT2D eigenvalue weighted by atomic mass is 10.0. The number of hydrogen-bond acceptors (Lipinski definition) is 9. The number of carbonyl (C=O) groups is 2. The van der Waals surface area contributed by atoms with Crippen molar-refractivity contribution in [1.82, 2.24) is 34.4 Å². The summed E-state index contributed by atoms with van der Waals surface area (Å²) in [7, 11) is 0. The molecule has 1 unspecified atom stereocenters. The minimum atomic E-state index is -1.38. The zero-order valence-electron chi connectivity index (χ0n) is 25.7. The number of carbonyl (C=O) groups excluding carboxylic acids is 2. The van der Waals surface area contributed by atoms with E-state index < -0.39 is 18.0 Å². The number of nitrogens with one attached hydrogen (secondary N) is 1. The molecule has 1 atom stereocenters. The smallest absolute Gasteiger partial charge is 0.292 e. The molecule has 5 heterocycles. The minimum Gasteiger partial charge on any atom is -0.424 e. The molecule has 4 aromatic heterocycles. The van der Waals surface area contributed by atoms with Gasteiger partial charge in [0.05, 0.1) is 29.4 Å². The fourth-order valence-electron chi connectivity index (χ4n) is 6.28. The number of halogens is 1. The molecule has 1 fully saturated rings. The summed E-state index contributed by atoms with van der Waals surface area (Å²) in [5.41, 5.74) is 9.92. The van der Waals surface area contributed by atoms with E-state index in [2.05, 4.69) is 20.2 Å². The van der Waals surface area contributed by atoms with Crippen LogP contribution in [0.4, 0.5) is 10.4 Å². The van der Waals surface area contributed by atoms with Crippen LogP contribution in [0.25, 0.3) is 38.6 Å². The summed E-state index contributed by atoms with van der Waals surface area (Å²) in [4.78, 5) is 50.6. The molecule has 0 spiro atoms. The van der Waals surface area contributed by atoms with Crippen molar-refractivity contribution in [2.45, 2.75) is 12.6 Å². The summed E-state index contributed by atoms with van der Waals surface area (Å²) in [5.74, 6) is -1.83. The van der Waals surface area contributed by atoms with Gasteiger partial charge in [-0.25, -0.2) is 14.5 Å². The molecule has 244 valence electrons. The number of pyridine rings is 1. The second-order valence-corrected chi connectivity index (χ2v) is 11.8. The first-order valence-electron chi connectivity index (χ1n) is 15.4. The van der Waals surface area contributed by atoms with Crippen molar-refractivity contribution in [3.63, 3.8) is 0 Å². The molecule has 49 heavy (non-hydrogen) atoms. The average molecular weight is 659 g/mol. The maximum Gasteiger partial charge on any atom is 0.292 e. The van der Waals surface area contributed by atoms with E-state index in [-0.39, 0.29) is 54.8 Å². The molecule has 2 amide bonds. The Morgan fingerprint density at radius 3 is 2.65 bits per heavy atom. The van der Waals surface area contributed by atoms with Crippen LogP contribution in [0.5, 0.6) is 0 Å². The standard InChI is InChI=1S/C35H27FN8O5/c36-25-8-5-19(14-26-22-3-1-2-4-23(22)32(46)41-40-26)13-24(25)33(47)43-12-11-42(18-31(43)45)34(48)28-16-38-30-10-7-21(17-44(28)30)20-6-9-29-27(15-20)39-35(37)49-29/h1-10,13,15-17,31,45H,11-12,14,18H2,(H2,37,39)(H,41,46). The minimum absolute atomic E-state index is 0.0235. The summed E-state index contributed by atoms with van der Waals surface area (Å²) in [5, 5.41) is 18.8. The van der Waals surface area contributed by atoms with Crippen LogP contribution in [0.1, 0.15) is 32.1 Å². The first-order chi connectivity index (χ1) is 23.7. The lowest BCUT2D eigenvalue weighted by Crippen LogP contribution is -2.56. The number of imidazole rings is 1.